The number of rotatable bonds is 0. The molecule has 1 nitrogen and oxygen atoms in total. The molecule has 14 heavy (non-hydrogen) atoms. The second-order valence-corrected chi connectivity index (χ2v) is 5.16. The molecule has 0 saturated heterocycles. The van der Waals surface area contributed by atoms with Gasteiger partial charge in [0.1, 0.15) is 0 Å². The van der Waals surface area contributed by atoms with E-state index in [9.17, 15) is 0 Å². The van der Waals surface area contributed by atoms with E-state index in [0.29, 0.717) is 6.04 Å². The van der Waals surface area contributed by atoms with Gasteiger partial charge in [0.2, 0.25) is 0 Å². The number of hydrogen-bond acceptors (Lipinski definition) is 1. The summed E-state index contributed by atoms with van der Waals surface area (Å²) >= 11 is 0. The summed E-state index contributed by atoms with van der Waals surface area (Å²) in [6.07, 6.45) is 6.63. The van der Waals surface area contributed by atoms with E-state index >= 15 is 0 Å². The van der Waals surface area contributed by atoms with Gasteiger partial charge >= 0.3 is 0 Å². The second-order valence-electron chi connectivity index (χ2n) is 5.16. The maximum Gasteiger partial charge on any atom is 0.0233 e. The molecule has 0 bridgehead atoms. The zero-order chi connectivity index (χ0) is 10.6. The summed E-state index contributed by atoms with van der Waals surface area (Å²) in [5.74, 6) is 6.38. The van der Waals surface area contributed by atoms with Crippen molar-refractivity contribution in [3.8, 4) is 11.8 Å². The van der Waals surface area contributed by atoms with Gasteiger partial charge in [-0.1, -0.05) is 17.4 Å². The molecule has 1 saturated carbocycles. The van der Waals surface area contributed by atoms with Crippen molar-refractivity contribution in [2.24, 2.45) is 11.1 Å². The summed E-state index contributed by atoms with van der Waals surface area (Å²) in [5, 5.41) is 0. The van der Waals surface area contributed by atoms with Crippen molar-refractivity contribution < 1.29 is 0 Å². The van der Waals surface area contributed by atoms with Crippen LogP contribution in [0.3, 0.4) is 0 Å². The highest BCUT2D eigenvalue weighted by Crippen LogP contribution is 2.21. The van der Waals surface area contributed by atoms with Crippen LogP contribution in [-0.2, 0) is 0 Å². The SMILES string of the molecule is CC(C)(C)C#CC=C1CCC(N)CC1. The van der Waals surface area contributed by atoms with Crippen LogP contribution in [0.5, 0.6) is 0 Å². The highest BCUT2D eigenvalue weighted by molar-refractivity contribution is 5.24. The Bertz CT molecular complexity index is 260. The molecule has 1 heteroatoms. The molecule has 0 unspecified atom stereocenters. The first-order valence-corrected chi connectivity index (χ1v) is 5.43. The van der Waals surface area contributed by atoms with Crippen molar-refractivity contribution in [1.82, 2.24) is 0 Å². The van der Waals surface area contributed by atoms with Crippen LogP contribution in [-0.4, -0.2) is 6.04 Å². The van der Waals surface area contributed by atoms with E-state index in [2.05, 4.69) is 38.7 Å². The summed E-state index contributed by atoms with van der Waals surface area (Å²) in [7, 11) is 0. The van der Waals surface area contributed by atoms with Gasteiger partial charge in [-0.3, -0.25) is 0 Å². The van der Waals surface area contributed by atoms with Gasteiger partial charge in [0.15, 0.2) is 0 Å². The van der Waals surface area contributed by atoms with Crippen LogP contribution in [0.25, 0.3) is 0 Å². The smallest absolute Gasteiger partial charge is 0.0233 e. The topological polar surface area (TPSA) is 26.0 Å². The molecular weight excluding hydrogens is 170 g/mol. The van der Waals surface area contributed by atoms with E-state index in [0.717, 1.165) is 25.7 Å². The molecule has 2 N–H and O–H groups in total. The fourth-order valence-electron chi connectivity index (χ4n) is 1.51. The Morgan fingerprint density at radius 3 is 2.36 bits per heavy atom. The van der Waals surface area contributed by atoms with E-state index in [1.807, 2.05) is 0 Å². The standard InChI is InChI=1S/C13H21N/c1-13(2,3)10-4-5-11-6-8-12(14)9-7-11/h5,12H,6-9,14H2,1-3H3. The fourth-order valence-corrected chi connectivity index (χ4v) is 1.51. The minimum absolute atomic E-state index is 0.113. The first kappa shape index (κ1) is 11.3. The molecule has 0 atom stereocenters. The fraction of sp³-hybridized carbons (Fsp3) is 0.692. The van der Waals surface area contributed by atoms with E-state index in [1.54, 1.807) is 0 Å². The maximum atomic E-state index is 5.83. The summed E-state index contributed by atoms with van der Waals surface area (Å²) in [5.41, 5.74) is 7.42. The predicted molar refractivity (Wildman–Crippen MR) is 61.8 cm³/mol. The number of hydrogen-bond donors (Lipinski definition) is 1. The van der Waals surface area contributed by atoms with Crippen LogP contribution < -0.4 is 5.73 Å². The minimum atomic E-state index is 0.113. The Hall–Kier alpha value is -0.740. The average molecular weight is 191 g/mol. The Kier molecular flexibility index (Phi) is 3.77. The Labute approximate surface area is 87.8 Å². The molecule has 1 aliphatic rings. The quantitative estimate of drug-likeness (QED) is 0.585. The Balaban J connectivity index is 2.48. The van der Waals surface area contributed by atoms with Crippen molar-refractivity contribution >= 4 is 0 Å². The zero-order valence-electron chi connectivity index (χ0n) is 9.56. The van der Waals surface area contributed by atoms with Crippen LogP contribution in [0.1, 0.15) is 46.5 Å². The third-order valence-corrected chi connectivity index (χ3v) is 2.40. The number of nitrogens with two attached hydrogens (primary N) is 1. The van der Waals surface area contributed by atoms with Gasteiger partial charge < -0.3 is 5.73 Å². The van der Waals surface area contributed by atoms with E-state index in [4.69, 9.17) is 5.73 Å². The molecule has 1 rings (SSSR count). The van der Waals surface area contributed by atoms with Gasteiger partial charge in [-0.25, -0.2) is 0 Å². The largest absolute Gasteiger partial charge is 0.328 e. The molecule has 0 aromatic carbocycles. The highest BCUT2D eigenvalue weighted by atomic mass is 14.6. The maximum absolute atomic E-state index is 5.83. The minimum Gasteiger partial charge on any atom is -0.328 e. The third-order valence-electron chi connectivity index (χ3n) is 2.40. The van der Waals surface area contributed by atoms with Gasteiger partial charge in [0.05, 0.1) is 0 Å². The first-order valence-electron chi connectivity index (χ1n) is 5.43. The van der Waals surface area contributed by atoms with Gasteiger partial charge in [-0.05, 0) is 52.5 Å². The van der Waals surface area contributed by atoms with Crippen molar-refractivity contribution in [3.05, 3.63) is 11.6 Å². The highest BCUT2D eigenvalue weighted by Gasteiger charge is 2.11. The lowest BCUT2D eigenvalue weighted by Gasteiger charge is -2.19. The molecule has 78 valence electrons. The molecule has 1 aliphatic carbocycles. The summed E-state index contributed by atoms with van der Waals surface area (Å²) in [4.78, 5) is 0. The van der Waals surface area contributed by atoms with Crippen molar-refractivity contribution in [2.45, 2.75) is 52.5 Å². The third kappa shape index (κ3) is 4.48. The lowest BCUT2D eigenvalue weighted by Crippen LogP contribution is -2.23. The predicted octanol–water partition coefficient (Wildman–Crippen LogP) is 2.86. The van der Waals surface area contributed by atoms with E-state index in [1.165, 1.54) is 5.57 Å². The van der Waals surface area contributed by atoms with Crippen molar-refractivity contribution in [2.75, 3.05) is 0 Å². The van der Waals surface area contributed by atoms with Crippen LogP contribution in [0, 0.1) is 17.3 Å². The van der Waals surface area contributed by atoms with Crippen LogP contribution in [0.15, 0.2) is 11.6 Å². The summed E-state index contributed by atoms with van der Waals surface area (Å²) in [6, 6.07) is 0.419. The normalized spacial score (nSPS) is 22.6. The van der Waals surface area contributed by atoms with Crippen LogP contribution in [0.2, 0.25) is 0 Å². The monoisotopic (exact) mass is 191 g/mol. The second kappa shape index (κ2) is 4.66. The van der Waals surface area contributed by atoms with E-state index < -0.39 is 0 Å². The lowest BCUT2D eigenvalue weighted by atomic mass is 9.91. The Morgan fingerprint density at radius 2 is 1.86 bits per heavy atom. The Morgan fingerprint density at radius 1 is 1.29 bits per heavy atom. The average Bonchev–Trinajstić information content (AvgIpc) is 2.06. The lowest BCUT2D eigenvalue weighted by molar-refractivity contribution is 0.512. The molecule has 0 aliphatic heterocycles. The molecule has 1 fully saturated rings. The molecule has 0 radical (unpaired) electrons. The van der Waals surface area contributed by atoms with Crippen LogP contribution >= 0.6 is 0 Å². The summed E-state index contributed by atoms with van der Waals surface area (Å²) in [6.45, 7) is 6.40. The van der Waals surface area contributed by atoms with Crippen molar-refractivity contribution in [1.29, 1.82) is 0 Å². The zero-order valence-corrected chi connectivity index (χ0v) is 9.56. The van der Waals surface area contributed by atoms with Gasteiger partial charge in [0.25, 0.3) is 0 Å². The van der Waals surface area contributed by atoms with Gasteiger partial charge in [-0.2, -0.15) is 0 Å². The molecular formula is C13H21N. The van der Waals surface area contributed by atoms with E-state index in [-0.39, 0.29) is 5.41 Å². The molecule has 0 aromatic heterocycles. The first-order chi connectivity index (χ1) is 6.47. The molecule has 0 heterocycles. The van der Waals surface area contributed by atoms with Crippen molar-refractivity contribution in [3.63, 3.8) is 0 Å². The molecule has 0 amide bonds. The van der Waals surface area contributed by atoms with Gasteiger partial charge in [0, 0.05) is 11.5 Å². The van der Waals surface area contributed by atoms with Gasteiger partial charge in [-0.15, -0.1) is 0 Å². The molecule has 0 aromatic rings. The number of allylic oxidation sites excluding steroid dienone is 2. The molecule has 0 spiro atoms. The van der Waals surface area contributed by atoms with Crippen LogP contribution in [0.4, 0.5) is 0 Å². The summed E-state index contributed by atoms with van der Waals surface area (Å²) < 4.78 is 0.